The van der Waals surface area contributed by atoms with Crippen LogP contribution in [0.2, 0.25) is 0 Å². The van der Waals surface area contributed by atoms with E-state index in [0.29, 0.717) is 17.8 Å². The summed E-state index contributed by atoms with van der Waals surface area (Å²) in [5.41, 5.74) is 0.370. The third-order valence-corrected chi connectivity index (χ3v) is 4.52. The zero-order valence-electron chi connectivity index (χ0n) is 11.8. The molecule has 1 N–H and O–H groups in total. The third-order valence-electron chi connectivity index (χ3n) is 4.52. The first kappa shape index (κ1) is 13.5. The highest BCUT2D eigenvalue weighted by atomic mass is 16.2. The lowest BCUT2D eigenvalue weighted by Gasteiger charge is -2.23. The van der Waals surface area contributed by atoms with E-state index in [9.17, 15) is 9.59 Å². The van der Waals surface area contributed by atoms with Crippen molar-refractivity contribution in [3.8, 4) is 0 Å². The average molecular weight is 252 g/mol. The van der Waals surface area contributed by atoms with E-state index in [4.69, 9.17) is 0 Å². The molecule has 1 aliphatic carbocycles. The average Bonchev–Trinajstić information content (AvgIpc) is 2.99. The van der Waals surface area contributed by atoms with E-state index in [1.54, 1.807) is 0 Å². The van der Waals surface area contributed by atoms with Gasteiger partial charge in [-0.2, -0.15) is 0 Å². The van der Waals surface area contributed by atoms with Gasteiger partial charge in [0.05, 0.1) is 12.5 Å². The van der Waals surface area contributed by atoms with Crippen LogP contribution in [0.3, 0.4) is 0 Å². The molecule has 0 radical (unpaired) electrons. The molecule has 2 rings (SSSR count). The molecule has 2 fully saturated rings. The largest absolute Gasteiger partial charge is 0.305 e. The molecule has 1 aliphatic heterocycles. The van der Waals surface area contributed by atoms with Crippen LogP contribution in [0.4, 0.5) is 0 Å². The molecule has 1 heterocycles. The molecule has 102 valence electrons. The van der Waals surface area contributed by atoms with E-state index in [-0.39, 0.29) is 23.9 Å². The van der Waals surface area contributed by atoms with Crippen molar-refractivity contribution >= 4 is 11.8 Å². The Morgan fingerprint density at radius 2 is 1.89 bits per heavy atom. The molecular weight excluding hydrogens is 228 g/mol. The van der Waals surface area contributed by atoms with Crippen LogP contribution in [0.15, 0.2) is 0 Å². The fourth-order valence-electron chi connectivity index (χ4n) is 2.80. The number of amides is 2. The summed E-state index contributed by atoms with van der Waals surface area (Å²) < 4.78 is 0. The van der Waals surface area contributed by atoms with Crippen LogP contribution in [0.5, 0.6) is 0 Å². The van der Waals surface area contributed by atoms with Crippen LogP contribution in [0.1, 0.15) is 47.0 Å². The van der Waals surface area contributed by atoms with Gasteiger partial charge in [0.1, 0.15) is 0 Å². The van der Waals surface area contributed by atoms with Crippen LogP contribution >= 0.6 is 0 Å². The Kier molecular flexibility index (Phi) is 3.49. The predicted molar refractivity (Wildman–Crippen MR) is 69.9 cm³/mol. The van der Waals surface area contributed by atoms with Crippen molar-refractivity contribution in [2.24, 2.45) is 11.3 Å². The minimum Gasteiger partial charge on any atom is -0.305 e. The van der Waals surface area contributed by atoms with Crippen LogP contribution in [0.25, 0.3) is 0 Å². The predicted octanol–water partition coefficient (Wildman–Crippen LogP) is 1.55. The van der Waals surface area contributed by atoms with Crippen molar-refractivity contribution in [3.63, 3.8) is 0 Å². The standard InChI is InChI=1S/C14H24N2O2/c1-9(2)14(5-6-14)8-15-11-7-12(17)16(10(3)4)13(11)18/h9-11,15H,5-8H2,1-4H3. The summed E-state index contributed by atoms with van der Waals surface area (Å²) in [7, 11) is 0. The molecule has 18 heavy (non-hydrogen) atoms. The Bertz CT molecular complexity index is 359. The first-order valence-electron chi connectivity index (χ1n) is 6.97. The van der Waals surface area contributed by atoms with Crippen LogP contribution in [0, 0.1) is 11.3 Å². The third kappa shape index (κ3) is 2.30. The first-order chi connectivity index (χ1) is 8.37. The minimum atomic E-state index is -0.295. The first-order valence-corrected chi connectivity index (χ1v) is 6.97. The quantitative estimate of drug-likeness (QED) is 0.755. The number of likely N-dealkylation sites (tertiary alicyclic amines) is 1. The summed E-state index contributed by atoms with van der Waals surface area (Å²) in [4.78, 5) is 25.3. The van der Waals surface area contributed by atoms with Crippen molar-refractivity contribution < 1.29 is 9.59 Å². The Morgan fingerprint density at radius 1 is 1.28 bits per heavy atom. The van der Waals surface area contributed by atoms with E-state index < -0.39 is 0 Å². The molecule has 0 spiro atoms. The number of nitrogens with one attached hydrogen (secondary N) is 1. The Balaban J connectivity index is 1.92. The van der Waals surface area contributed by atoms with E-state index in [1.165, 1.54) is 17.7 Å². The van der Waals surface area contributed by atoms with Gasteiger partial charge >= 0.3 is 0 Å². The molecule has 0 bridgehead atoms. The maximum Gasteiger partial charge on any atom is 0.247 e. The molecule has 1 saturated heterocycles. The lowest BCUT2D eigenvalue weighted by Crippen LogP contribution is -2.43. The fourth-order valence-corrected chi connectivity index (χ4v) is 2.80. The molecule has 0 aromatic heterocycles. The van der Waals surface area contributed by atoms with Gasteiger partial charge in [-0.1, -0.05) is 13.8 Å². The maximum atomic E-state index is 12.1. The number of rotatable bonds is 5. The number of nitrogens with zero attached hydrogens (tertiary/aromatic N) is 1. The number of hydrogen-bond acceptors (Lipinski definition) is 3. The summed E-state index contributed by atoms with van der Waals surface area (Å²) in [5, 5.41) is 3.32. The smallest absolute Gasteiger partial charge is 0.247 e. The number of imide groups is 1. The Morgan fingerprint density at radius 3 is 2.28 bits per heavy atom. The van der Waals surface area contributed by atoms with Gasteiger partial charge in [0, 0.05) is 12.6 Å². The second-order valence-electron chi connectivity index (χ2n) is 6.35. The van der Waals surface area contributed by atoms with Gasteiger partial charge in [0.15, 0.2) is 0 Å². The summed E-state index contributed by atoms with van der Waals surface area (Å²) in [6.07, 6.45) is 2.80. The van der Waals surface area contributed by atoms with Crippen LogP contribution < -0.4 is 5.32 Å². The summed E-state index contributed by atoms with van der Waals surface area (Å²) >= 11 is 0. The number of hydrogen-bond donors (Lipinski definition) is 1. The highest BCUT2D eigenvalue weighted by molar-refractivity contribution is 6.05. The topological polar surface area (TPSA) is 49.4 Å². The fraction of sp³-hybridized carbons (Fsp3) is 0.857. The lowest BCUT2D eigenvalue weighted by molar-refractivity contribution is -0.140. The normalized spacial score (nSPS) is 26.6. The molecular formula is C14H24N2O2. The van der Waals surface area contributed by atoms with Gasteiger partial charge in [0.2, 0.25) is 11.8 Å². The number of carbonyl (C=O) groups is 2. The van der Waals surface area contributed by atoms with Crippen molar-refractivity contribution in [1.82, 2.24) is 10.2 Å². The van der Waals surface area contributed by atoms with Gasteiger partial charge in [0.25, 0.3) is 0 Å². The molecule has 2 aliphatic rings. The van der Waals surface area contributed by atoms with E-state index >= 15 is 0 Å². The molecule has 1 unspecified atom stereocenters. The van der Waals surface area contributed by atoms with Crippen molar-refractivity contribution in [2.75, 3.05) is 6.54 Å². The zero-order valence-corrected chi connectivity index (χ0v) is 11.8. The van der Waals surface area contributed by atoms with Crippen molar-refractivity contribution in [2.45, 2.75) is 59.0 Å². The molecule has 4 nitrogen and oxygen atoms in total. The summed E-state index contributed by atoms with van der Waals surface area (Å²) in [5.74, 6) is 0.551. The van der Waals surface area contributed by atoms with Gasteiger partial charge < -0.3 is 5.32 Å². The molecule has 0 aromatic rings. The summed E-state index contributed by atoms with van der Waals surface area (Å²) in [6, 6.07) is -0.326. The van der Waals surface area contributed by atoms with Crippen molar-refractivity contribution in [3.05, 3.63) is 0 Å². The number of carbonyl (C=O) groups excluding carboxylic acids is 2. The van der Waals surface area contributed by atoms with E-state index in [2.05, 4.69) is 19.2 Å². The monoisotopic (exact) mass is 252 g/mol. The molecule has 1 atom stereocenters. The van der Waals surface area contributed by atoms with E-state index in [0.717, 1.165) is 6.54 Å². The van der Waals surface area contributed by atoms with E-state index in [1.807, 2.05) is 13.8 Å². The highest BCUT2D eigenvalue weighted by Crippen LogP contribution is 2.51. The lowest BCUT2D eigenvalue weighted by atomic mass is 9.92. The van der Waals surface area contributed by atoms with Crippen LogP contribution in [-0.2, 0) is 9.59 Å². The highest BCUT2D eigenvalue weighted by Gasteiger charge is 2.47. The summed E-state index contributed by atoms with van der Waals surface area (Å²) in [6.45, 7) is 9.09. The van der Waals surface area contributed by atoms with Gasteiger partial charge in [-0.15, -0.1) is 0 Å². The second-order valence-corrected chi connectivity index (χ2v) is 6.35. The minimum absolute atomic E-state index is 0.0308. The SMILES string of the molecule is CC(C)N1C(=O)CC(NCC2(C(C)C)CC2)C1=O. The van der Waals surface area contributed by atoms with Crippen LogP contribution in [-0.4, -0.2) is 35.3 Å². The van der Waals surface area contributed by atoms with Gasteiger partial charge in [-0.25, -0.2) is 0 Å². The zero-order chi connectivity index (χ0) is 13.5. The molecule has 4 heteroatoms. The van der Waals surface area contributed by atoms with Gasteiger partial charge in [-0.3, -0.25) is 14.5 Å². The van der Waals surface area contributed by atoms with Crippen molar-refractivity contribution in [1.29, 1.82) is 0 Å². The van der Waals surface area contributed by atoms with Gasteiger partial charge in [-0.05, 0) is 38.0 Å². The molecule has 2 amide bonds. The maximum absolute atomic E-state index is 12.1. The molecule has 1 saturated carbocycles. The Labute approximate surface area is 109 Å². The molecule has 0 aromatic carbocycles. The Hall–Kier alpha value is -0.900. The second kappa shape index (κ2) is 4.65.